The molecule has 2 heterocycles. The van der Waals surface area contributed by atoms with Crippen LogP contribution in [0.2, 0.25) is 0 Å². The third-order valence-electron chi connectivity index (χ3n) is 2.38. The van der Waals surface area contributed by atoms with Crippen LogP contribution >= 0.6 is 11.3 Å². The molecule has 84 valence electrons. The molecule has 16 heavy (non-hydrogen) atoms. The van der Waals surface area contributed by atoms with E-state index in [2.05, 4.69) is 9.97 Å². The summed E-state index contributed by atoms with van der Waals surface area (Å²) in [4.78, 5) is 9.48. The summed E-state index contributed by atoms with van der Waals surface area (Å²) in [7, 11) is 0. The summed E-state index contributed by atoms with van der Waals surface area (Å²) in [5, 5.41) is 1.10. The largest absolute Gasteiger partial charge is 0.327 e. The molecular formula is C12H15N3S. The van der Waals surface area contributed by atoms with E-state index >= 15 is 0 Å². The molecule has 0 saturated heterocycles. The lowest BCUT2D eigenvalue weighted by Crippen LogP contribution is -2.25. The molecule has 0 fully saturated rings. The number of nitrogens with zero attached hydrogens (tertiary/aromatic N) is 2. The van der Waals surface area contributed by atoms with Gasteiger partial charge in [0.1, 0.15) is 0 Å². The zero-order valence-electron chi connectivity index (χ0n) is 9.26. The van der Waals surface area contributed by atoms with Crippen molar-refractivity contribution in [3.05, 3.63) is 46.2 Å². The summed E-state index contributed by atoms with van der Waals surface area (Å²) in [6.07, 6.45) is 7.32. The minimum atomic E-state index is 0.155. The lowest BCUT2D eigenvalue weighted by Gasteiger charge is -2.09. The second-order valence-electron chi connectivity index (χ2n) is 3.87. The second-order valence-corrected chi connectivity index (χ2v) is 5.19. The van der Waals surface area contributed by atoms with Gasteiger partial charge in [-0.05, 0) is 37.5 Å². The molecule has 0 aliphatic carbocycles. The van der Waals surface area contributed by atoms with Crippen molar-refractivity contribution < 1.29 is 0 Å². The molecule has 1 unspecified atom stereocenters. The topological polar surface area (TPSA) is 51.8 Å². The predicted octanol–water partition coefficient (Wildman–Crippen LogP) is 1.96. The van der Waals surface area contributed by atoms with Gasteiger partial charge in [0.15, 0.2) is 0 Å². The third-order valence-corrected chi connectivity index (χ3v) is 3.31. The Kier molecular flexibility index (Phi) is 3.64. The molecule has 0 radical (unpaired) electrons. The maximum Gasteiger partial charge on any atom is 0.0896 e. The first-order chi connectivity index (χ1) is 7.74. The Morgan fingerprint density at radius 3 is 2.69 bits per heavy atom. The number of hydrogen-bond donors (Lipinski definition) is 1. The number of aryl methyl sites for hydroxylation is 1. The Hall–Kier alpha value is -1.26. The van der Waals surface area contributed by atoms with Crippen LogP contribution in [0.4, 0.5) is 0 Å². The maximum absolute atomic E-state index is 6.11. The molecule has 2 aromatic heterocycles. The first-order valence-corrected chi connectivity index (χ1v) is 6.11. The Balaban J connectivity index is 1.92. The Morgan fingerprint density at radius 2 is 2.06 bits per heavy atom. The van der Waals surface area contributed by atoms with Crippen molar-refractivity contribution in [3.63, 3.8) is 0 Å². The number of aromatic nitrogens is 2. The highest BCUT2D eigenvalue weighted by molar-refractivity contribution is 7.11. The van der Waals surface area contributed by atoms with E-state index in [-0.39, 0.29) is 6.04 Å². The van der Waals surface area contributed by atoms with Crippen LogP contribution in [0.1, 0.15) is 15.4 Å². The molecule has 1 atom stereocenters. The van der Waals surface area contributed by atoms with E-state index in [1.54, 1.807) is 23.7 Å². The Morgan fingerprint density at radius 1 is 1.31 bits per heavy atom. The van der Waals surface area contributed by atoms with Crippen molar-refractivity contribution >= 4 is 11.3 Å². The van der Waals surface area contributed by atoms with Crippen LogP contribution in [-0.4, -0.2) is 16.0 Å². The molecule has 0 aliphatic heterocycles. The molecule has 0 amide bonds. The second kappa shape index (κ2) is 5.18. The van der Waals surface area contributed by atoms with Gasteiger partial charge in [0, 0.05) is 29.5 Å². The Labute approximate surface area is 99.4 Å². The van der Waals surface area contributed by atoms with Gasteiger partial charge >= 0.3 is 0 Å². The van der Waals surface area contributed by atoms with Crippen LogP contribution in [-0.2, 0) is 12.8 Å². The standard InChI is InChI=1S/C12H15N3S/c1-9-15-8-12(16-9)7-11(13)6-10-2-4-14-5-3-10/h2-5,8,11H,6-7,13H2,1H3. The molecule has 2 N–H and O–H groups in total. The van der Waals surface area contributed by atoms with Crippen molar-refractivity contribution in [2.24, 2.45) is 5.73 Å². The summed E-state index contributed by atoms with van der Waals surface area (Å²) >= 11 is 1.72. The molecule has 0 aromatic carbocycles. The summed E-state index contributed by atoms with van der Waals surface area (Å²) in [5.74, 6) is 0. The van der Waals surface area contributed by atoms with Crippen LogP contribution in [0.15, 0.2) is 30.7 Å². The van der Waals surface area contributed by atoms with Gasteiger partial charge in [-0.15, -0.1) is 11.3 Å². The highest BCUT2D eigenvalue weighted by Crippen LogP contribution is 2.14. The van der Waals surface area contributed by atoms with Crippen molar-refractivity contribution in [1.29, 1.82) is 0 Å². The molecule has 0 bridgehead atoms. The minimum absolute atomic E-state index is 0.155. The summed E-state index contributed by atoms with van der Waals surface area (Å²) in [6.45, 7) is 2.02. The van der Waals surface area contributed by atoms with E-state index in [9.17, 15) is 0 Å². The van der Waals surface area contributed by atoms with Gasteiger partial charge in [0.05, 0.1) is 5.01 Å². The van der Waals surface area contributed by atoms with Gasteiger partial charge in [-0.25, -0.2) is 4.98 Å². The van der Waals surface area contributed by atoms with Crippen molar-refractivity contribution in [1.82, 2.24) is 9.97 Å². The first-order valence-electron chi connectivity index (χ1n) is 5.30. The summed E-state index contributed by atoms with van der Waals surface area (Å²) in [6, 6.07) is 4.18. The molecule has 3 nitrogen and oxygen atoms in total. The molecule has 4 heteroatoms. The summed E-state index contributed by atoms with van der Waals surface area (Å²) in [5.41, 5.74) is 7.35. The van der Waals surface area contributed by atoms with Crippen LogP contribution in [0.3, 0.4) is 0 Å². The third kappa shape index (κ3) is 3.12. The van der Waals surface area contributed by atoms with Gasteiger partial charge in [-0.3, -0.25) is 4.98 Å². The average molecular weight is 233 g/mol. The fourth-order valence-corrected chi connectivity index (χ4v) is 2.54. The van der Waals surface area contributed by atoms with Crippen molar-refractivity contribution in [3.8, 4) is 0 Å². The number of pyridine rings is 1. The smallest absolute Gasteiger partial charge is 0.0896 e. The fraction of sp³-hybridized carbons (Fsp3) is 0.333. The van der Waals surface area contributed by atoms with Crippen LogP contribution in [0, 0.1) is 6.92 Å². The lowest BCUT2D eigenvalue weighted by molar-refractivity contribution is 0.669. The highest BCUT2D eigenvalue weighted by Gasteiger charge is 2.07. The van der Waals surface area contributed by atoms with Crippen LogP contribution in [0.25, 0.3) is 0 Å². The van der Waals surface area contributed by atoms with E-state index in [0.29, 0.717) is 0 Å². The van der Waals surface area contributed by atoms with Crippen molar-refractivity contribution in [2.45, 2.75) is 25.8 Å². The zero-order valence-corrected chi connectivity index (χ0v) is 10.1. The van der Waals surface area contributed by atoms with Crippen LogP contribution < -0.4 is 5.73 Å². The van der Waals surface area contributed by atoms with Gasteiger partial charge in [0.2, 0.25) is 0 Å². The number of thiazole rings is 1. The van der Waals surface area contributed by atoms with Gasteiger partial charge < -0.3 is 5.73 Å². The molecule has 2 rings (SSSR count). The number of rotatable bonds is 4. The van der Waals surface area contributed by atoms with Gasteiger partial charge in [-0.2, -0.15) is 0 Å². The van der Waals surface area contributed by atoms with E-state index in [4.69, 9.17) is 5.73 Å². The minimum Gasteiger partial charge on any atom is -0.327 e. The normalized spacial score (nSPS) is 12.6. The average Bonchev–Trinajstić information content (AvgIpc) is 2.65. The summed E-state index contributed by atoms with van der Waals surface area (Å²) < 4.78 is 0. The van der Waals surface area contributed by atoms with E-state index in [0.717, 1.165) is 17.8 Å². The molecule has 0 spiro atoms. The van der Waals surface area contributed by atoms with Gasteiger partial charge in [-0.1, -0.05) is 0 Å². The lowest BCUT2D eigenvalue weighted by atomic mass is 10.1. The highest BCUT2D eigenvalue weighted by atomic mass is 32.1. The molecule has 0 saturated carbocycles. The fourth-order valence-electron chi connectivity index (χ4n) is 1.65. The monoisotopic (exact) mass is 233 g/mol. The SMILES string of the molecule is Cc1ncc(CC(N)Cc2ccncc2)s1. The van der Waals surface area contributed by atoms with E-state index < -0.39 is 0 Å². The number of hydrogen-bond acceptors (Lipinski definition) is 4. The predicted molar refractivity (Wildman–Crippen MR) is 66.5 cm³/mol. The molecule has 2 aromatic rings. The first kappa shape index (κ1) is 11.2. The Bertz CT molecular complexity index is 439. The van der Waals surface area contributed by atoms with E-state index in [1.165, 1.54) is 10.4 Å². The van der Waals surface area contributed by atoms with E-state index in [1.807, 2.05) is 25.3 Å². The quantitative estimate of drug-likeness (QED) is 0.878. The molecule has 0 aliphatic rings. The van der Waals surface area contributed by atoms with Crippen LogP contribution in [0.5, 0.6) is 0 Å². The zero-order chi connectivity index (χ0) is 11.4. The number of nitrogens with two attached hydrogens (primary N) is 1. The van der Waals surface area contributed by atoms with Gasteiger partial charge in [0.25, 0.3) is 0 Å². The maximum atomic E-state index is 6.11. The van der Waals surface area contributed by atoms with Crippen molar-refractivity contribution in [2.75, 3.05) is 0 Å². The molecular weight excluding hydrogens is 218 g/mol.